The van der Waals surface area contributed by atoms with Gasteiger partial charge in [0.05, 0.1) is 5.69 Å². The van der Waals surface area contributed by atoms with Crippen LogP contribution in [-0.2, 0) is 6.42 Å². The van der Waals surface area contributed by atoms with Crippen LogP contribution in [0.1, 0.15) is 22.8 Å². The molecule has 0 unspecified atom stereocenters. The van der Waals surface area contributed by atoms with Crippen LogP contribution in [-0.4, -0.2) is 5.91 Å². The number of amides is 1. The lowest BCUT2D eigenvalue weighted by Crippen LogP contribution is -2.14. The van der Waals surface area contributed by atoms with E-state index in [2.05, 4.69) is 21.2 Å². The highest BCUT2D eigenvalue weighted by Gasteiger charge is 2.11. The van der Waals surface area contributed by atoms with E-state index in [0.29, 0.717) is 15.7 Å². The maximum atomic E-state index is 13.0. The van der Waals surface area contributed by atoms with Crippen molar-refractivity contribution >= 4 is 27.5 Å². The summed E-state index contributed by atoms with van der Waals surface area (Å²) < 4.78 is 13.5. The molecule has 2 aromatic rings. The molecule has 0 aliphatic rings. The van der Waals surface area contributed by atoms with Crippen LogP contribution in [0.25, 0.3) is 0 Å². The molecule has 4 heteroatoms. The monoisotopic (exact) mass is 321 g/mol. The summed E-state index contributed by atoms with van der Waals surface area (Å²) in [6.07, 6.45) is 0.786. The molecule has 0 atom stereocenters. The molecule has 19 heavy (non-hydrogen) atoms. The van der Waals surface area contributed by atoms with E-state index in [0.717, 1.165) is 12.0 Å². The van der Waals surface area contributed by atoms with Crippen LogP contribution in [0, 0.1) is 5.82 Å². The van der Waals surface area contributed by atoms with Crippen LogP contribution >= 0.6 is 15.9 Å². The fourth-order valence-electron chi connectivity index (χ4n) is 1.83. The lowest BCUT2D eigenvalue weighted by Gasteiger charge is -2.10. The third-order valence-electron chi connectivity index (χ3n) is 2.82. The Bertz CT molecular complexity index is 613. The van der Waals surface area contributed by atoms with Crippen molar-refractivity contribution in [2.75, 3.05) is 5.32 Å². The van der Waals surface area contributed by atoms with Crippen LogP contribution in [0.4, 0.5) is 10.1 Å². The van der Waals surface area contributed by atoms with Gasteiger partial charge in [0.1, 0.15) is 5.82 Å². The number of rotatable bonds is 3. The number of aryl methyl sites for hydroxylation is 1. The summed E-state index contributed by atoms with van der Waals surface area (Å²) >= 11 is 3.23. The molecular formula is C15H13BrFNO. The number of carbonyl (C=O) groups excluding carboxylic acids is 1. The van der Waals surface area contributed by atoms with Gasteiger partial charge in [-0.25, -0.2) is 4.39 Å². The Morgan fingerprint density at radius 3 is 2.68 bits per heavy atom. The van der Waals surface area contributed by atoms with E-state index in [1.165, 1.54) is 18.2 Å². The molecule has 0 spiro atoms. The number of benzene rings is 2. The smallest absolute Gasteiger partial charge is 0.255 e. The van der Waals surface area contributed by atoms with E-state index in [9.17, 15) is 9.18 Å². The second kappa shape index (κ2) is 5.97. The molecule has 0 bridgehead atoms. The van der Waals surface area contributed by atoms with Gasteiger partial charge >= 0.3 is 0 Å². The molecule has 2 aromatic carbocycles. The minimum absolute atomic E-state index is 0.190. The van der Waals surface area contributed by atoms with Gasteiger partial charge in [0.15, 0.2) is 0 Å². The zero-order valence-electron chi connectivity index (χ0n) is 10.4. The molecule has 0 aliphatic heterocycles. The highest BCUT2D eigenvalue weighted by molar-refractivity contribution is 9.10. The van der Waals surface area contributed by atoms with E-state index >= 15 is 0 Å². The van der Waals surface area contributed by atoms with Gasteiger partial charge in [-0.2, -0.15) is 0 Å². The first-order valence-corrected chi connectivity index (χ1v) is 6.75. The molecule has 2 nitrogen and oxygen atoms in total. The summed E-state index contributed by atoms with van der Waals surface area (Å²) in [6.45, 7) is 2.00. The average Bonchev–Trinajstić information content (AvgIpc) is 2.41. The second-order valence-corrected chi connectivity index (χ2v) is 4.94. The van der Waals surface area contributed by atoms with Crippen molar-refractivity contribution < 1.29 is 9.18 Å². The lowest BCUT2D eigenvalue weighted by atomic mass is 10.0. The van der Waals surface area contributed by atoms with Gasteiger partial charge in [0.25, 0.3) is 5.91 Å². The molecule has 0 saturated heterocycles. The van der Waals surface area contributed by atoms with E-state index in [4.69, 9.17) is 0 Å². The number of halogens is 2. The normalized spacial score (nSPS) is 10.3. The predicted octanol–water partition coefficient (Wildman–Crippen LogP) is 4.40. The Morgan fingerprint density at radius 2 is 2.00 bits per heavy atom. The van der Waals surface area contributed by atoms with Gasteiger partial charge in [-0.1, -0.05) is 25.1 Å². The Kier molecular flexibility index (Phi) is 4.32. The Morgan fingerprint density at radius 1 is 1.26 bits per heavy atom. The fourth-order valence-corrected chi connectivity index (χ4v) is 2.28. The fraction of sp³-hybridized carbons (Fsp3) is 0.133. The van der Waals surface area contributed by atoms with Gasteiger partial charge in [0.2, 0.25) is 0 Å². The quantitative estimate of drug-likeness (QED) is 0.891. The van der Waals surface area contributed by atoms with Gasteiger partial charge < -0.3 is 5.32 Å². The Balaban J connectivity index is 2.26. The van der Waals surface area contributed by atoms with Crippen LogP contribution in [0.15, 0.2) is 46.9 Å². The molecule has 2 rings (SSSR count). The lowest BCUT2D eigenvalue weighted by molar-refractivity contribution is 0.102. The van der Waals surface area contributed by atoms with E-state index in [1.807, 2.05) is 25.1 Å². The molecule has 0 fully saturated rings. The second-order valence-electron chi connectivity index (χ2n) is 4.09. The highest BCUT2D eigenvalue weighted by atomic mass is 79.9. The first-order valence-electron chi connectivity index (χ1n) is 5.96. The zero-order valence-corrected chi connectivity index (χ0v) is 12.0. The first-order chi connectivity index (χ1) is 9.11. The average molecular weight is 322 g/mol. The van der Waals surface area contributed by atoms with Crippen molar-refractivity contribution in [3.05, 3.63) is 63.9 Å². The summed E-state index contributed by atoms with van der Waals surface area (Å²) in [6, 6.07) is 11.6. The zero-order chi connectivity index (χ0) is 13.8. The van der Waals surface area contributed by atoms with Crippen LogP contribution in [0.2, 0.25) is 0 Å². The summed E-state index contributed by atoms with van der Waals surface area (Å²) in [5, 5.41) is 2.78. The minimum Gasteiger partial charge on any atom is -0.321 e. The van der Waals surface area contributed by atoms with E-state index < -0.39 is 0 Å². The van der Waals surface area contributed by atoms with Gasteiger partial charge in [-0.15, -0.1) is 0 Å². The number of anilines is 1. The van der Waals surface area contributed by atoms with Gasteiger partial charge in [0, 0.05) is 10.0 Å². The number of nitrogens with one attached hydrogen (secondary N) is 1. The van der Waals surface area contributed by atoms with Crippen LogP contribution < -0.4 is 5.32 Å². The third kappa shape index (κ3) is 3.20. The summed E-state index contributed by atoms with van der Waals surface area (Å²) in [7, 11) is 0. The Labute approximate surface area is 119 Å². The summed E-state index contributed by atoms with van der Waals surface area (Å²) in [5.41, 5.74) is 2.18. The van der Waals surface area contributed by atoms with Crippen LogP contribution in [0.5, 0.6) is 0 Å². The maximum absolute atomic E-state index is 13.0. The molecule has 1 N–H and O–H groups in total. The highest BCUT2D eigenvalue weighted by Crippen LogP contribution is 2.24. The number of carbonyl (C=O) groups is 1. The van der Waals surface area contributed by atoms with Crippen molar-refractivity contribution in [2.45, 2.75) is 13.3 Å². The molecule has 0 aliphatic carbocycles. The topological polar surface area (TPSA) is 29.1 Å². The molecule has 0 aromatic heterocycles. The van der Waals surface area contributed by atoms with Crippen LogP contribution in [0.3, 0.4) is 0 Å². The summed E-state index contributed by atoms with van der Waals surface area (Å²) in [4.78, 5) is 12.2. The molecule has 0 saturated carbocycles. The van der Waals surface area contributed by atoms with Crippen molar-refractivity contribution in [3.63, 3.8) is 0 Å². The molecular weight excluding hydrogens is 309 g/mol. The Hall–Kier alpha value is -1.68. The molecule has 98 valence electrons. The van der Waals surface area contributed by atoms with Gasteiger partial charge in [-0.05, 0) is 52.2 Å². The third-order valence-corrected chi connectivity index (χ3v) is 3.48. The maximum Gasteiger partial charge on any atom is 0.255 e. The molecule has 0 radical (unpaired) electrons. The largest absolute Gasteiger partial charge is 0.321 e. The molecule has 1 amide bonds. The van der Waals surface area contributed by atoms with E-state index in [1.54, 1.807) is 6.07 Å². The van der Waals surface area contributed by atoms with Gasteiger partial charge in [-0.3, -0.25) is 4.79 Å². The molecule has 0 heterocycles. The SMILES string of the molecule is CCc1ccccc1C(=O)Nc1ccc(F)cc1Br. The minimum atomic E-state index is -0.348. The van der Waals surface area contributed by atoms with Crippen molar-refractivity contribution in [1.82, 2.24) is 0 Å². The van der Waals surface area contributed by atoms with Crippen molar-refractivity contribution in [1.29, 1.82) is 0 Å². The number of hydrogen-bond acceptors (Lipinski definition) is 1. The standard InChI is InChI=1S/C15H13BrFNO/c1-2-10-5-3-4-6-12(10)15(19)18-14-8-7-11(17)9-13(14)16/h3-9H,2H2,1H3,(H,18,19). The number of hydrogen-bond donors (Lipinski definition) is 1. The first kappa shape index (κ1) is 13.7. The predicted molar refractivity (Wildman–Crippen MR) is 77.9 cm³/mol. The van der Waals surface area contributed by atoms with Crippen molar-refractivity contribution in [2.24, 2.45) is 0 Å². The van der Waals surface area contributed by atoms with E-state index in [-0.39, 0.29) is 11.7 Å². The van der Waals surface area contributed by atoms with Crippen molar-refractivity contribution in [3.8, 4) is 0 Å². The summed E-state index contributed by atoms with van der Waals surface area (Å²) in [5.74, 6) is -0.538.